The average Bonchev–Trinajstić information content (AvgIpc) is 2.52. The molecule has 0 bridgehead atoms. The minimum Gasteiger partial charge on any atom is -0.384 e. The highest BCUT2D eigenvalue weighted by Crippen LogP contribution is 2.19. The van der Waals surface area contributed by atoms with E-state index in [1.807, 2.05) is 0 Å². The van der Waals surface area contributed by atoms with E-state index >= 15 is 0 Å². The molecule has 1 heterocycles. The highest BCUT2D eigenvalue weighted by atomic mass is 19.1. The van der Waals surface area contributed by atoms with Crippen molar-refractivity contribution in [1.82, 2.24) is 15.6 Å². The molecule has 2 aromatic rings. The fraction of sp³-hybridized carbons (Fsp3) is 0.250. The number of nitrogens with one attached hydrogen (secondary N) is 2. The molecule has 22 heavy (non-hydrogen) atoms. The second kappa shape index (κ2) is 7.00. The van der Waals surface area contributed by atoms with Crippen molar-refractivity contribution in [2.75, 3.05) is 6.54 Å². The smallest absolute Gasteiger partial charge is 0.315 e. The number of carbonyl (C=O) groups excluding carboxylic acids is 1. The molecule has 0 radical (unpaired) electrons. The van der Waals surface area contributed by atoms with E-state index in [0.717, 1.165) is 5.56 Å². The van der Waals surface area contributed by atoms with Gasteiger partial charge in [0.2, 0.25) is 0 Å². The Labute approximate surface area is 128 Å². The molecule has 1 unspecified atom stereocenters. The third-order valence-corrected chi connectivity index (χ3v) is 3.26. The van der Waals surface area contributed by atoms with Gasteiger partial charge in [0, 0.05) is 18.9 Å². The summed E-state index contributed by atoms with van der Waals surface area (Å²) in [5.41, 5.74) is 0.181. The molecule has 1 aromatic carbocycles. The van der Waals surface area contributed by atoms with Crippen LogP contribution in [0, 0.1) is 5.82 Å². The van der Waals surface area contributed by atoms with Gasteiger partial charge in [-0.25, -0.2) is 9.18 Å². The van der Waals surface area contributed by atoms with Crippen LogP contribution in [-0.2, 0) is 12.1 Å². The van der Waals surface area contributed by atoms with E-state index in [-0.39, 0.29) is 18.4 Å². The van der Waals surface area contributed by atoms with Gasteiger partial charge in [-0.3, -0.25) is 4.98 Å². The minimum atomic E-state index is -1.28. The average molecular weight is 303 g/mol. The molecule has 0 aliphatic carbocycles. The molecule has 0 aliphatic rings. The van der Waals surface area contributed by atoms with Gasteiger partial charge >= 0.3 is 6.03 Å². The van der Waals surface area contributed by atoms with Crippen molar-refractivity contribution >= 4 is 6.03 Å². The van der Waals surface area contributed by atoms with Crippen molar-refractivity contribution in [2.24, 2.45) is 0 Å². The number of benzene rings is 1. The number of aliphatic hydroxyl groups is 1. The van der Waals surface area contributed by atoms with E-state index < -0.39 is 5.60 Å². The Morgan fingerprint density at radius 2 is 1.82 bits per heavy atom. The number of hydrogen-bond acceptors (Lipinski definition) is 3. The minimum absolute atomic E-state index is 0.0147. The number of carbonyl (C=O) groups is 1. The standard InChI is InChI=1S/C16H18FN3O2/c1-16(22,13-2-4-14(17)5-3-13)11-20-15(21)19-10-12-6-8-18-9-7-12/h2-9,22H,10-11H2,1H3,(H2,19,20,21). The molecule has 2 rings (SSSR count). The normalized spacial score (nSPS) is 13.2. The van der Waals surface area contributed by atoms with Gasteiger partial charge in [-0.15, -0.1) is 0 Å². The highest BCUT2D eigenvalue weighted by Gasteiger charge is 2.23. The number of hydrogen-bond donors (Lipinski definition) is 3. The molecule has 0 aliphatic heterocycles. The number of aromatic nitrogens is 1. The molecule has 0 fully saturated rings. The number of amides is 2. The molecule has 2 amide bonds. The third kappa shape index (κ3) is 4.53. The summed E-state index contributed by atoms with van der Waals surface area (Å²) in [5, 5.41) is 15.6. The summed E-state index contributed by atoms with van der Waals surface area (Å²) < 4.78 is 12.9. The van der Waals surface area contributed by atoms with Crippen molar-refractivity contribution < 1.29 is 14.3 Å². The van der Waals surface area contributed by atoms with E-state index in [1.165, 1.54) is 24.3 Å². The van der Waals surface area contributed by atoms with Crippen molar-refractivity contribution in [3.8, 4) is 0 Å². The number of pyridine rings is 1. The fourth-order valence-electron chi connectivity index (χ4n) is 1.91. The summed E-state index contributed by atoms with van der Waals surface area (Å²) in [6.45, 7) is 1.94. The van der Waals surface area contributed by atoms with E-state index in [2.05, 4.69) is 15.6 Å². The lowest BCUT2D eigenvalue weighted by Crippen LogP contribution is -2.43. The van der Waals surface area contributed by atoms with E-state index in [4.69, 9.17) is 0 Å². The van der Waals surface area contributed by atoms with Crippen molar-refractivity contribution in [2.45, 2.75) is 19.1 Å². The summed E-state index contributed by atoms with van der Waals surface area (Å²) in [7, 11) is 0. The second-order valence-electron chi connectivity index (χ2n) is 5.17. The Balaban J connectivity index is 1.83. The predicted molar refractivity (Wildman–Crippen MR) is 80.4 cm³/mol. The van der Waals surface area contributed by atoms with Gasteiger partial charge in [0.25, 0.3) is 0 Å². The van der Waals surface area contributed by atoms with E-state index in [9.17, 15) is 14.3 Å². The van der Waals surface area contributed by atoms with Crippen LogP contribution in [0.25, 0.3) is 0 Å². The fourth-order valence-corrected chi connectivity index (χ4v) is 1.91. The van der Waals surface area contributed by atoms with Crippen LogP contribution in [-0.4, -0.2) is 22.7 Å². The second-order valence-corrected chi connectivity index (χ2v) is 5.17. The SMILES string of the molecule is CC(O)(CNC(=O)NCc1ccncc1)c1ccc(F)cc1. The van der Waals surface area contributed by atoms with Gasteiger partial charge < -0.3 is 15.7 Å². The van der Waals surface area contributed by atoms with Crippen LogP contribution in [0.5, 0.6) is 0 Å². The summed E-state index contributed by atoms with van der Waals surface area (Å²) in [6, 6.07) is 8.74. The van der Waals surface area contributed by atoms with Gasteiger partial charge in [0.05, 0.1) is 6.54 Å². The maximum Gasteiger partial charge on any atom is 0.315 e. The van der Waals surface area contributed by atoms with Crippen molar-refractivity contribution in [1.29, 1.82) is 0 Å². The first-order valence-electron chi connectivity index (χ1n) is 6.86. The first kappa shape index (κ1) is 15.9. The highest BCUT2D eigenvalue weighted by molar-refractivity contribution is 5.73. The molecule has 3 N–H and O–H groups in total. The van der Waals surface area contributed by atoms with Crippen LogP contribution in [0.15, 0.2) is 48.8 Å². The zero-order valence-corrected chi connectivity index (χ0v) is 12.2. The van der Waals surface area contributed by atoms with Crippen LogP contribution in [0.4, 0.5) is 9.18 Å². The lowest BCUT2D eigenvalue weighted by atomic mass is 9.96. The molecule has 116 valence electrons. The summed E-state index contributed by atoms with van der Waals surface area (Å²) >= 11 is 0. The van der Waals surface area contributed by atoms with Crippen LogP contribution in [0.1, 0.15) is 18.1 Å². The quantitative estimate of drug-likeness (QED) is 0.790. The number of urea groups is 1. The summed E-state index contributed by atoms with van der Waals surface area (Å²) in [6.07, 6.45) is 3.29. The van der Waals surface area contributed by atoms with E-state index in [1.54, 1.807) is 31.5 Å². The molecular weight excluding hydrogens is 285 g/mol. The van der Waals surface area contributed by atoms with Gasteiger partial charge in [-0.1, -0.05) is 12.1 Å². The van der Waals surface area contributed by atoms with Crippen molar-refractivity contribution in [3.63, 3.8) is 0 Å². The van der Waals surface area contributed by atoms with Crippen LogP contribution in [0.3, 0.4) is 0 Å². The Hall–Kier alpha value is -2.47. The van der Waals surface area contributed by atoms with Crippen LogP contribution >= 0.6 is 0 Å². The van der Waals surface area contributed by atoms with Gasteiger partial charge in [0.15, 0.2) is 0 Å². The van der Waals surface area contributed by atoms with Gasteiger partial charge in [0.1, 0.15) is 11.4 Å². The lowest BCUT2D eigenvalue weighted by Gasteiger charge is -2.24. The van der Waals surface area contributed by atoms with Crippen LogP contribution in [0.2, 0.25) is 0 Å². The molecule has 5 nitrogen and oxygen atoms in total. The van der Waals surface area contributed by atoms with E-state index in [0.29, 0.717) is 12.1 Å². The largest absolute Gasteiger partial charge is 0.384 e. The van der Waals surface area contributed by atoms with Gasteiger partial charge in [-0.2, -0.15) is 0 Å². The predicted octanol–water partition coefficient (Wildman–Crippen LogP) is 1.93. The first-order valence-corrected chi connectivity index (χ1v) is 6.86. The number of nitrogens with zero attached hydrogens (tertiary/aromatic N) is 1. The van der Waals surface area contributed by atoms with Crippen LogP contribution < -0.4 is 10.6 Å². The molecule has 0 saturated heterocycles. The Bertz CT molecular complexity index is 615. The zero-order valence-electron chi connectivity index (χ0n) is 12.2. The molecule has 0 saturated carbocycles. The maximum atomic E-state index is 12.9. The Morgan fingerprint density at radius 3 is 2.45 bits per heavy atom. The molecular formula is C16H18FN3O2. The number of halogens is 1. The molecule has 0 spiro atoms. The zero-order chi connectivity index (χ0) is 16.0. The maximum absolute atomic E-state index is 12.9. The molecule has 1 aromatic heterocycles. The Morgan fingerprint density at radius 1 is 1.18 bits per heavy atom. The molecule has 6 heteroatoms. The molecule has 1 atom stereocenters. The summed E-state index contributed by atoms with van der Waals surface area (Å²) in [4.78, 5) is 15.6. The third-order valence-electron chi connectivity index (χ3n) is 3.26. The monoisotopic (exact) mass is 303 g/mol. The van der Waals surface area contributed by atoms with Crippen molar-refractivity contribution in [3.05, 3.63) is 65.7 Å². The first-order chi connectivity index (χ1) is 10.5. The topological polar surface area (TPSA) is 74.2 Å². The summed E-state index contributed by atoms with van der Waals surface area (Å²) in [5.74, 6) is -0.373. The van der Waals surface area contributed by atoms with Gasteiger partial charge in [-0.05, 0) is 42.3 Å². The Kier molecular flexibility index (Phi) is 5.06. The number of rotatable bonds is 5. The lowest BCUT2D eigenvalue weighted by molar-refractivity contribution is 0.0593.